The van der Waals surface area contributed by atoms with E-state index in [9.17, 15) is 14.7 Å². The van der Waals surface area contributed by atoms with Crippen molar-refractivity contribution in [2.24, 2.45) is 0 Å². The Bertz CT molecular complexity index is 1050. The molecule has 3 rings (SSSR count). The van der Waals surface area contributed by atoms with Crippen LogP contribution in [0.4, 0.5) is 0 Å². The Morgan fingerprint density at radius 1 is 1.21 bits per heavy atom. The number of amides is 1. The molecule has 2 heterocycles. The van der Waals surface area contributed by atoms with E-state index in [1.165, 1.54) is 4.68 Å². The number of H-pyrrole nitrogens is 1. The molecule has 152 valence electrons. The van der Waals surface area contributed by atoms with Crippen LogP contribution in [0.5, 0.6) is 0 Å². The first-order chi connectivity index (χ1) is 13.8. The topological polar surface area (TPSA) is 104 Å². The van der Waals surface area contributed by atoms with Crippen molar-refractivity contribution in [2.45, 2.75) is 33.2 Å². The van der Waals surface area contributed by atoms with E-state index in [1.807, 2.05) is 51.1 Å². The van der Waals surface area contributed by atoms with Crippen molar-refractivity contribution >= 4 is 5.91 Å². The summed E-state index contributed by atoms with van der Waals surface area (Å²) in [6.07, 6.45) is 0.0573. The molecule has 2 N–H and O–H groups in total. The summed E-state index contributed by atoms with van der Waals surface area (Å²) < 4.78 is 1.17. The van der Waals surface area contributed by atoms with Crippen LogP contribution in [-0.4, -0.2) is 49.3 Å². The lowest BCUT2D eigenvalue weighted by Gasteiger charge is -2.25. The van der Waals surface area contributed by atoms with Crippen LogP contribution in [0.15, 0.2) is 41.2 Å². The second kappa shape index (κ2) is 8.40. The minimum atomic E-state index is -0.437. The van der Waals surface area contributed by atoms with Gasteiger partial charge in [-0.1, -0.05) is 30.3 Å². The molecule has 3 aromatic rings. The molecule has 0 saturated heterocycles. The van der Waals surface area contributed by atoms with E-state index in [0.29, 0.717) is 11.4 Å². The quantitative estimate of drug-likeness (QED) is 0.664. The molecule has 29 heavy (non-hydrogen) atoms. The van der Waals surface area contributed by atoms with Gasteiger partial charge in [0.25, 0.3) is 17.4 Å². The van der Waals surface area contributed by atoms with Crippen LogP contribution in [-0.2, 0) is 6.42 Å². The second-order valence-electron chi connectivity index (χ2n) is 7.03. The average molecular weight is 395 g/mol. The number of carbonyl (C=O) groups is 1. The van der Waals surface area contributed by atoms with Crippen LogP contribution in [0.3, 0.4) is 0 Å². The summed E-state index contributed by atoms with van der Waals surface area (Å²) >= 11 is 0. The third-order valence-corrected chi connectivity index (χ3v) is 4.92. The molecule has 0 aliphatic heterocycles. The van der Waals surface area contributed by atoms with E-state index in [0.717, 1.165) is 5.56 Å². The minimum Gasteiger partial charge on any atom is -0.396 e. The number of nitrogens with zero attached hydrogens (tertiary/aromatic N) is 4. The molecule has 8 heteroatoms. The lowest BCUT2D eigenvalue weighted by atomic mass is 10.1. The van der Waals surface area contributed by atoms with Crippen molar-refractivity contribution in [3.63, 3.8) is 0 Å². The maximum absolute atomic E-state index is 13.2. The van der Waals surface area contributed by atoms with Gasteiger partial charge in [0.05, 0.1) is 11.6 Å². The number of hydrogen-bond donors (Lipinski definition) is 2. The molecule has 0 spiro atoms. The van der Waals surface area contributed by atoms with E-state index in [1.54, 1.807) is 18.0 Å². The highest BCUT2D eigenvalue weighted by molar-refractivity contribution is 5.93. The summed E-state index contributed by atoms with van der Waals surface area (Å²) in [6.45, 7) is 5.28. The zero-order chi connectivity index (χ0) is 21.1. The highest BCUT2D eigenvalue weighted by Gasteiger charge is 2.26. The van der Waals surface area contributed by atoms with Crippen molar-refractivity contribution in [3.8, 4) is 5.95 Å². The van der Waals surface area contributed by atoms with Gasteiger partial charge in [-0.2, -0.15) is 4.68 Å². The summed E-state index contributed by atoms with van der Waals surface area (Å²) in [6, 6.07) is 11.2. The predicted molar refractivity (Wildman–Crippen MR) is 109 cm³/mol. The molecule has 0 bridgehead atoms. The molecule has 0 aliphatic carbocycles. The molecule has 1 aromatic carbocycles. The summed E-state index contributed by atoms with van der Waals surface area (Å²) in [5.41, 5.74) is 2.31. The number of hydrogen-bond acceptors (Lipinski definition) is 5. The molecular weight excluding hydrogens is 370 g/mol. The third kappa shape index (κ3) is 4.12. The second-order valence-corrected chi connectivity index (χ2v) is 7.03. The van der Waals surface area contributed by atoms with E-state index in [2.05, 4.69) is 15.1 Å². The van der Waals surface area contributed by atoms with Crippen molar-refractivity contribution < 1.29 is 9.90 Å². The van der Waals surface area contributed by atoms with Gasteiger partial charge in [0.2, 0.25) is 0 Å². The number of aliphatic hydroxyl groups excluding tert-OH is 1. The van der Waals surface area contributed by atoms with Gasteiger partial charge < -0.3 is 10.0 Å². The van der Waals surface area contributed by atoms with Crippen molar-refractivity contribution in [1.29, 1.82) is 0 Å². The Hall–Kier alpha value is -3.26. The molecule has 0 fully saturated rings. The zero-order valence-electron chi connectivity index (χ0n) is 17.0. The number of aromatic nitrogens is 4. The van der Waals surface area contributed by atoms with Gasteiger partial charge in [-0.15, -0.1) is 0 Å². The SMILES string of the molecule is Cc1cc(C)nc(-n2[nH]c(C(=O)N(C)C(C)c3ccccc3)c(CCO)c2=O)n1. The first-order valence-corrected chi connectivity index (χ1v) is 9.43. The highest BCUT2D eigenvalue weighted by Crippen LogP contribution is 2.21. The number of rotatable bonds is 6. The molecule has 8 nitrogen and oxygen atoms in total. The van der Waals surface area contributed by atoms with E-state index in [4.69, 9.17) is 0 Å². The summed E-state index contributed by atoms with van der Waals surface area (Å²) in [4.78, 5) is 36.3. The Balaban J connectivity index is 2.04. The van der Waals surface area contributed by atoms with Gasteiger partial charge in [-0.25, -0.2) is 9.97 Å². The molecule has 0 saturated carbocycles. The maximum atomic E-state index is 13.2. The summed E-state index contributed by atoms with van der Waals surface area (Å²) in [7, 11) is 1.69. The van der Waals surface area contributed by atoms with Crippen molar-refractivity contribution in [1.82, 2.24) is 24.6 Å². The molecule has 0 aliphatic rings. The van der Waals surface area contributed by atoms with E-state index >= 15 is 0 Å². The number of aryl methyl sites for hydroxylation is 2. The van der Waals surface area contributed by atoms with Crippen LogP contribution >= 0.6 is 0 Å². The van der Waals surface area contributed by atoms with Crippen LogP contribution in [0.1, 0.15) is 46.0 Å². The van der Waals surface area contributed by atoms with Crippen LogP contribution in [0, 0.1) is 13.8 Å². The largest absolute Gasteiger partial charge is 0.396 e. The zero-order valence-corrected chi connectivity index (χ0v) is 17.0. The van der Waals surface area contributed by atoms with Crippen LogP contribution in [0.2, 0.25) is 0 Å². The fraction of sp³-hybridized carbons (Fsp3) is 0.333. The Morgan fingerprint density at radius 3 is 2.41 bits per heavy atom. The average Bonchev–Trinajstić information content (AvgIpc) is 3.03. The molecule has 2 aromatic heterocycles. The highest BCUT2D eigenvalue weighted by atomic mass is 16.3. The fourth-order valence-electron chi connectivity index (χ4n) is 3.25. The fourth-order valence-corrected chi connectivity index (χ4v) is 3.25. The van der Waals surface area contributed by atoms with Crippen molar-refractivity contribution in [3.05, 3.63) is 75.0 Å². The monoisotopic (exact) mass is 395 g/mol. The smallest absolute Gasteiger partial charge is 0.277 e. The van der Waals surface area contributed by atoms with Gasteiger partial charge in [0.1, 0.15) is 5.69 Å². The predicted octanol–water partition coefficient (Wildman–Crippen LogP) is 1.94. The number of aliphatic hydroxyl groups is 1. The van der Waals surface area contributed by atoms with Gasteiger partial charge in [0.15, 0.2) is 0 Å². The van der Waals surface area contributed by atoms with Gasteiger partial charge in [-0.3, -0.25) is 14.7 Å². The van der Waals surface area contributed by atoms with Crippen LogP contribution < -0.4 is 5.56 Å². The Labute approximate surface area is 168 Å². The lowest BCUT2D eigenvalue weighted by molar-refractivity contribution is 0.0735. The lowest BCUT2D eigenvalue weighted by Crippen LogP contribution is -2.31. The van der Waals surface area contributed by atoms with Gasteiger partial charge in [0, 0.05) is 31.5 Å². The summed E-state index contributed by atoms with van der Waals surface area (Å²) in [5.74, 6) is -0.172. The molecule has 0 radical (unpaired) electrons. The Morgan fingerprint density at radius 2 is 1.83 bits per heavy atom. The number of aromatic amines is 1. The first-order valence-electron chi connectivity index (χ1n) is 9.43. The third-order valence-electron chi connectivity index (χ3n) is 4.92. The standard InChI is InChI=1S/C21H25N5O3/c1-13-12-14(2)23-21(22-13)26-19(28)17(10-11-27)18(24-26)20(29)25(4)15(3)16-8-6-5-7-9-16/h5-9,12,15,24,27H,10-11H2,1-4H3. The normalized spacial score (nSPS) is 12.0. The first kappa shape index (κ1) is 20.5. The van der Waals surface area contributed by atoms with Crippen LogP contribution in [0.25, 0.3) is 5.95 Å². The number of carbonyl (C=O) groups excluding carboxylic acids is 1. The summed E-state index contributed by atoms with van der Waals surface area (Å²) in [5, 5.41) is 12.3. The number of benzene rings is 1. The molecule has 1 unspecified atom stereocenters. The minimum absolute atomic E-state index is 0.0573. The number of nitrogens with one attached hydrogen (secondary N) is 1. The van der Waals surface area contributed by atoms with E-state index < -0.39 is 5.56 Å². The maximum Gasteiger partial charge on any atom is 0.277 e. The van der Waals surface area contributed by atoms with Crippen molar-refractivity contribution in [2.75, 3.05) is 13.7 Å². The Kier molecular flexibility index (Phi) is 5.93. The molecule has 1 amide bonds. The van der Waals surface area contributed by atoms with Gasteiger partial charge in [-0.05, 0) is 32.4 Å². The van der Waals surface area contributed by atoms with E-state index in [-0.39, 0.29) is 42.2 Å². The molecule has 1 atom stereocenters. The van der Waals surface area contributed by atoms with Gasteiger partial charge >= 0.3 is 0 Å². The molecular formula is C21H25N5O3.